The first-order valence-corrected chi connectivity index (χ1v) is 7.00. The lowest BCUT2D eigenvalue weighted by Gasteiger charge is -2.07. The summed E-state index contributed by atoms with van der Waals surface area (Å²) >= 11 is 5.24. The molecule has 0 fully saturated rings. The molecule has 0 unspecified atom stereocenters. The SMILES string of the molecule is S=C(N/N=C1\CCc2ccccc21)Nc1ccccc1. The zero-order valence-electron chi connectivity index (χ0n) is 11.0. The third-order valence-corrected chi connectivity index (χ3v) is 3.48. The van der Waals surface area contributed by atoms with Crippen LogP contribution in [0.3, 0.4) is 0 Å². The van der Waals surface area contributed by atoms with Gasteiger partial charge < -0.3 is 5.32 Å². The summed E-state index contributed by atoms with van der Waals surface area (Å²) in [5, 5.41) is 8.03. The number of hydrogen-bond donors (Lipinski definition) is 2. The van der Waals surface area contributed by atoms with E-state index in [1.54, 1.807) is 0 Å². The summed E-state index contributed by atoms with van der Waals surface area (Å²) in [7, 11) is 0. The highest BCUT2D eigenvalue weighted by Crippen LogP contribution is 2.21. The number of hydrazone groups is 1. The molecule has 100 valence electrons. The molecule has 0 heterocycles. The Labute approximate surface area is 123 Å². The fraction of sp³-hybridized carbons (Fsp3) is 0.125. The third-order valence-electron chi connectivity index (χ3n) is 3.28. The average molecular weight is 281 g/mol. The second-order valence-electron chi connectivity index (χ2n) is 4.65. The van der Waals surface area contributed by atoms with E-state index < -0.39 is 0 Å². The summed E-state index contributed by atoms with van der Waals surface area (Å²) in [5.74, 6) is 0. The molecule has 0 aromatic heterocycles. The van der Waals surface area contributed by atoms with Crippen molar-refractivity contribution in [1.82, 2.24) is 5.43 Å². The van der Waals surface area contributed by atoms with E-state index in [1.807, 2.05) is 36.4 Å². The smallest absolute Gasteiger partial charge is 0.191 e. The minimum atomic E-state index is 0.507. The molecule has 2 N–H and O–H groups in total. The van der Waals surface area contributed by atoms with Gasteiger partial charge in [-0.25, -0.2) is 0 Å². The topological polar surface area (TPSA) is 36.4 Å². The van der Waals surface area contributed by atoms with Gasteiger partial charge >= 0.3 is 0 Å². The lowest BCUT2D eigenvalue weighted by molar-refractivity contribution is 1.01. The molecular weight excluding hydrogens is 266 g/mol. The molecule has 0 spiro atoms. The van der Waals surface area contributed by atoms with Crippen LogP contribution in [0.4, 0.5) is 5.69 Å². The maximum Gasteiger partial charge on any atom is 0.191 e. The molecule has 2 aromatic rings. The van der Waals surface area contributed by atoms with Crippen LogP contribution >= 0.6 is 12.2 Å². The molecule has 0 atom stereocenters. The van der Waals surface area contributed by atoms with Gasteiger partial charge in [-0.05, 0) is 42.8 Å². The monoisotopic (exact) mass is 281 g/mol. The van der Waals surface area contributed by atoms with E-state index in [2.05, 4.69) is 34.0 Å². The molecule has 0 bridgehead atoms. The van der Waals surface area contributed by atoms with Crippen molar-refractivity contribution in [2.45, 2.75) is 12.8 Å². The Morgan fingerprint density at radius 1 is 0.950 bits per heavy atom. The zero-order valence-corrected chi connectivity index (χ0v) is 11.8. The van der Waals surface area contributed by atoms with Crippen LogP contribution in [0.2, 0.25) is 0 Å². The van der Waals surface area contributed by atoms with Gasteiger partial charge in [0.2, 0.25) is 0 Å². The number of para-hydroxylation sites is 1. The Bertz CT molecular complexity index is 650. The highest BCUT2D eigenvalue weighted by atomic mass is 32.1. The molecule has 1 aliphatic carbocycles. The Hall–Kier alpha value is -2.20. The van der Waals surface area contributed by atoms with Crippen LogP contribution in [0, 0.1) is 0 Å². The lowest BCUT2D eigenvalue weighted by Crippen LogP contribution is -2.25. The first-order valence-electron chi connectivity index (χ1n) is 6.60. The van der Waals surface area contributed by atoms with Gasteiger partial charge in [0, 0.05) is 11.3 Å². The highest BCUT2D eigenvalue weighted by molar-refractivity contribution is 7.80. The minimum Gasteiger partial charge on any atom is -0.331 e. The number of aryl methyl sites for hydroxylation is 1. The van der Waals surface area contributed by atoms with Gasteiger partial charge in [0.25, 0.3) is 0 Å². The van der Waals surface area contributed by atoms with Crippen molar-refractivity contribution in [3.63, 3.8) is 0 Å². The van der Waals surface area contributed by atoms with Crippen LogP contribution in [0.5, 0.6) is 0 Å². The van der Waals surface area contributed by atoms with E-state index in [1.165, 1.54) is 11.1 Å². The molecule has 20 heavy (non-hydrogen) atoms. The summed E-state index contributed by atoms with van der Waals surface area (Å²) in [6.45, 7) is 0. The number of hydrogen-bond acceptors (Lipinski definition) is 2. The molecule has 1 aliphatic rings. The van der Waals surface area contributed by atoms with Crippen molar-refractivity contribution in [3.05, 3.63) is 65.7 Å². The second-order valence-corrected chi connectivity index (χ2v) is 5.06. The van der Waals surface area contributed by atoms with E-state index in [0.717, 1.165) is 24.2 Å². The van der Waals surface area contributed by atoms with Crippen molar-refractivity contribution in [2.24, 2.45) is 5.10 Å². The van der Waals surface area contributed by atoms with Crippen molar-refractivity contribution < 1.29 is 0 Å². The van der Waals surface area contributed by atoms with Gasteiger partial charge in [0.15, 0.2) is 5.11 Å². The third kappa shape index (κ3) is 2.86. The quantitative estimate of drug-likeness (QED) is 0.655. The zero-order chi connectivity index (χ0) is 13.8. The maximum atomic E-state index is 5.24. The Kier molecular flexibility index (Phi) is 3.74. The van der Waals surface area contributed by atoms with Crippen LogP contribution in [-0.4, -0.2) is 10.8 Å². The van der Waals surface area contributed by atoms with Gasteiger partial charge in [-0.15, -0.1) is 0 Å². The number of nitrogens with zero attached hydrogens (tertiary/aromatic N) is 1. The predicted octanol–water partition coefficient (Wildman–Crippen LogP) is 3.32. The summed E-state index contributed by atoms with van der Waals surface area (Å²) in [4.78, 5) is 0. The molecule has 0 radical (unpaired) electrons. The lowest BCUT2D eigenvalue weighted by atomic mass is 10.1. The van der Waals surface area contributed by atoms with Gasteiger partial charge in [0.05, 0.1) is 5.71 Å². The minimum absolute atomic E-state index is 0.507. The number of fused-ring (bicyclic) bond motifs is 1. The number of anilines is 1. The predicted molar refractivity (Wildman–Crippen MR) is 87.1 cm³/mol. The van der Waals surface area contributed by atoms with Gasteiger partial charge in [-0.1, -0.05) is 42.5 Å². The van der Waals surface area contributed by atoms with Crippen molar-refractivity contribution in [1.29, 1.82) is 0 Å². The van der Waals surface area contributed by atoms with E-state index in [4.69, 9.17) is 12.2 Å². The molecular formula is C16H15N3S. The molecule has 2 aromatic carbocycles. The Morgan fingerprint density at radius 3 is 2.55 bits per heavy atom. The van der Waals surface area contributed by atoms with Crippen LogP contribution in [0.25, 0.3) is 0 Å². The van der Waals surface area contributed by atoms with Gasteiger partial charge in [-0.2, -0.15) is 5.10 Å². The summed E-state index contributed by atoms with van der Waals surface area (Å²) in [5.41, 5.74) is 7.53. The molecule has 3 rings (SSSR count). The summed E-state index contributed by atoms with van der Waals surface area (Å²) < 4.78 is 0. The van der Waals surface area contributed by atoms with Crippen molar-refractivity contribution in [3.8, 4) is 0 Å². The number of nitrogens with one attached hydrogen (secondary N) is 2. The first-order chi connectivity index (χ1) is 9.83. The van der Waals surface area contributed by atoms with Crippen LogP contribution in [0.1, 0.15) is 17.5 Å². The van der Waals surface area contributed by atoms with Crippen LogP contribution < -0.4 is 10.7 Å². The molecule has 0 saturated heterocycles. The van der Waals surface area contributed by atoms with Crippen LogP contribution in [0.15, 0.2) is 59.7 Å². The van der Waals surface area contributed by atoms with E-state index >= 15 is 0 Å². The fourth-order valence-electron chi connectivity index (χ4n) is 2.32. The second kappa shape index (κ2) is 5.84. The Balaban J connectivity index is 1.65. The molecule has 3 nitrogen and oxygen atoms in total. The van der Waals surface area contributed by atoms with Crippen molar-refractivity contribution in [2.75, 3.05) is 5.32 Å². The number of rotatable bonds is 2. The summed E-state index contributed by atoms with van der Waals surface area (Å²) in [6, 6.07) is 18.2. The number of thiocarbonyl (C=S) groups is 1. The van der Waals surface area contributed by atoms with E-state index in [-0.39, 0.29) is 0 Å². The fourth-order valence-corrected chi connectivity index (χ4v) is 2.49. The van der Waals surface area contributed by atoms with E-state index in [0.29, 0.717) is 5.11 Å². The summed E-state index contributed by atoms with van der Waals surface area (Å²) in [6.07, 6.45) is 2.01. The van der Waals surface area contributed by atoms with Gasteiger partial charge in [0.1, 0.15) is 0 Å². The molecule has 4 heteroatoms. The van der Waals surface area contributed by atoms with Crippen molar-refractivity contribution >= 4 is 28.7 Å². The molecule has 0 saturated carbocycles. The van der Waals surface area contributed by atoms with Gasteiger partial charge in [-0.3, -0.25) is 5.43 Å². The largest absolute Gasteiger partial charge is 0.331 e. The Morgan fingerprint density at radius 2 is 1.70 bits per heavy atom. The highest BCUT2D eigenvalue weighted by Gasteiger charge is 2.16. The van der Waals surface area contributed by atoms with E-state index in [9.17, 15) is 0 Å². The average Bonchev–Trinajstić information content (AvgIpc) is 2.89. The standard InChI is InChI=1S/C16H15N3S/c20-16(17-13-7-2-1-3-8-13)19-18-15-11-10-12-6-4-5-9-14(12)15/h1-9H,10-11H2,(H2,17,19,20)/b18-15+. The van der Waals surface area contributed by atoms with Crippen LogP contribution in [-0.2, 0) is 6.42 Å². The first kappa shape index (κ1) is 12.8. The number of benzene rings is 2. The molecule has 0 amide bonds. The molecule has 0 aliphatic heterocycles. The normalized spacial score (nSPS) is 14.9. The maximum absolute atomic E-state index is 5.24.